The lowest BCUT2D eigenvalue weighted by Crippen LogP contribution is -2.57. The van der Waals surface area contributed by atoms with Crippen molar-refractivity contribution in [3.8, 4) is 0 Å². The molecule has 3 atom stereocenters. The number of hydrazine groups is 1. The predicted octanol–water partition coefficient (Wildman–Crippen LogP) is 3.24. The monoisotopic (exact) mass is 280 g/mol. The maximum absolute atomic E-state index is 5.78. The predicted molar refractivity (Wildman–Crippen MR) is 82.1 cm³/mol. The molecule has 0 aromatic rings. The Balaban J connectivity index is 1.75. The van der Waals surface area contributed by atoms with Crippen LogP contribution >= 0.6 is 0 Å². The molecule has 0 aromatic heterocycles. The van der Waals surface area contributed by atoms with Gasteiger partial charge in [0.1, 0.15) is 0 Å². The number of rotatable bonds is 6. The molecule has 4 fully saturated rings. The van der Waals surface area contributed by atoms with Crippen molar-refractivity contribution >= 4 is 0 Å². The zero-order valence-electron chi connectivity index (χ0n) is 13.5. The van der Waals surface area contributed by atoms with E-state index in [1.807, 2.05) is 0 Å². The van der Waals surface area contributed by atoms with Crippen LogP contribution in [0.1, 0.15) is 65.7 Å². The van der Waals surface area contributed by atoms with E-state index in [0.717, 1.165) is 19.1 Å². The molecule has 0 aliphatic heterocycles. The minimum absolute atomic E-state index is 0.318. The number of nitrogens with two attached hydrogens (primary N) is 1. The lowest BCUT2D eigenvalue weighted by atomic mass is 9.39. The lowest BCUT2D eigenvalue weighted by Gasteiger charge is -2.66. The second-order valence-corrected chi connectivity index (χ2v) is 8.86. The molecule has 0 aromatic carbocycles. The van der Waals surface area contributed by atoms with Crippen molar-refractivity contribution in [2.75, 3.05) is 13.2 Å². The molecule has 4 aliphatic rings. The van der Waals surface area contributed by atoms with E-state index in [2.05, 4.69) is 26.2 Å². The summed E-state index contributed by atoms with van der Waals surface area (Å²) < 4.78 is 5.61. The summed E-state index contributed by atoms with van der Waals surface area (Å²) in [5.41, 5.74) is 4.73. The van der Waals surface area contributed by atoms with Gasteiger partial charge in [-0.05, 0) is 74.0 Å². The molecule has 4 saturated carbocycles. The number of nitrogens with one attached hydrogen (secondary N) is 1. The third kappa shape index (κ3) is 2.65. The molecule has 0 saturated heterocycles. The summed E-state index contributed by atoms with van der Waals surface area (Å²) >= 11 is 0. The van der Waals surface area contributed by atoms with E-state index >= 15 is 0 Å². The highest BCUT2D eigenvalue weighted by Crippen LogP contribution is 2.70. The molecular weight excluding hydrogens is 248 g/mol. The topological polar surface area (TPSA) is 47.3 Å². The fourth-order valence-corrected chi connectivity index (χ4v) is 6.86. The van der Waals surface area contributed by atoms with Crippen LogP contribution < -0.4 is 11.3 Å². The van der Waals surface area contributed by atoms with Crippen LogP contribution in [0.15, 0.2) is 0 Å². The lowest BCUT2D eigenvalue weighted by molar-refractivity contribution is -0.151. The van der Waals surface area contributed by atoms with Crippen LogP contribution in [0.5, 0.6) is 0 Å². The summed E-state index contributed by atoms with van der Waals surface area (Å²) in [7, 11) is 0. The molecule has 0 radical (unpaired) electrons. The van der Waals surface area contributed by atoms with E-state index in [9.17, 15) is 0 Å². The Labute approximate surface area is 124 Å². The summed E-state index contributed by atoms with van der Waals surface area (Å²) in [6, 6.07) is 0.318. The molecule has 116 valence electrons. The maximum Gasteiger partial charge on any atom is 0.0633 e. The molecule has 3 heteroatoms. The van der Waals surface area contributed by atoms with Gasteiger partial charge < -0.3 is 4.74 Å². The van der Waals surface area contributed by atoms with Crippen LogP contribution in [0.25, 0.3) is 0 Å². The molecule has 4 aliphatic carbocycles. The smallest absolute Gasteiger partial charge is 0.0633 e. The van der Waals surface area contributed by atoms with Crippen LogP contribution in [-0.2, 0) is 4.74 Å². The summed E-state index contributed by atoms with van der Waals surface area (Å²) in [5, 5.41) is 0. The van der Waals surface area contributed by atoms with Crippen LogP contribution in [0, 0.1) is 22.2 Å². The van der Waals surface area contributed by atoms with Gasteiger partial charge in [0.05, 0.1) is 6.61 Å². The van der Waals surface area contributed by atoms with Crippen molar-refractivity contribution in [2.45, 2.75) is 71.8 Å². The highest BCUT2D eigenvalue weighted by Gasteiger charge is 2.60. The molecule has 20 heavy (non-hydrogen) atoms. The van der Waals surface area contributed by atoms with Crippen molar-refractivity contribution in [3.05, 3.63) is 0 Å². The van der Waals surface area contributed by atoms with Crippen LogP contribution in [0.2, 0.25) is 0 Å². The molecule has 0 heterocycles. The molecular formula is C17H32N2O. The van der Waals surface area contributed by atoms with E-state index in [-0.39, 0.29) is 0 Å². The van der Waals surface area contributed by atoms with Gasteiger partial charge in [0.15, 0.2) is 0 Å². The van der Waals surface area contributed by atoms with Gasteiger partial charge in [0, 0.05) is 12.6 Å². The SMILES string of the molecule is CCOCC(CC12CC3CC(C)(CC(C)(C3)C1)C2)NN. The zero-order chi connectivity index (χ0) is 14.4. The van der Waals surface area contributed by atoms with E-state index in [0.29, 0.717) is 22.3 Å². The van der Waals surface area contributed by atoms with Gasteiger partial charge in [-0.25, -0.2) is 0 Å². The Morgan fingerprint density at radius 1 is 1.15 bits per heavy atom. The fourth-order valence-electron chi connectivity index (χ4n) is 6.86. The van der Waals surface area contributed by atoms with Gasteiger partial charge in [0.25, 0.3) is 0 Å². The first-order valence-electron chi connectivity index (χ1n) is 8.44. The van der Waals surface area contributed by atoms with Crippen molar-refractivity contribution < 1.29 is 4.74 Å². The first kappa shape index (κ1) is 14.8. The Morgan fingerprint density at radius 3 is 2.30 bits per heavy atom. The van der Waals surface area contributed by atoms with E-state index in [1.165, 1.54) is 44.9 Å². The van der Waals surface area contributed by atoms with E-state index < -0.39 is 0 Å². The summed E-state index contributed by atoms with van der Waals surface area (Å²) in [6.07, 6.45) is 9.85. The van der Waals surface area contributed by atoms with Gasteiger partial charge in [-0.3, -0.25) is 11.3 Å². The normalized spacial score (nSPS) is 47.7. The summed E-state index contributed by atoms with van der Waals surface area (Å²) in [6.45, 7) is 8.67. The molecule has 3 nitrogen and oxygen atoms in total. The maximum atomic E-state index is 5.78. The quantitative estimate of drug-likeness (QED) is 0.580. The molecule has 3 unspecified atom stereocenters. The van der Waals surface area contributed by atoms with Crippen molar-refractivity contribution in [1.82, 2.24) is 5.43 Å². The highest BCUT2D eigenvalue weighted by atomic mass is 16.5. The zero-order valence-corrected chi connectivity index (χ0v) is 13.5. The summed E-state index contributed by atoms with van der Waals surface area (Å²) in [4.78, 5) is 0. The standard InChI is InChI=1S/C17H32N2O/c1-4-20-9-14(19-18)8-17-7-13-5-15(2,11-17)10-16(3,6-13)12-17/h13-14,19H,4-12,18H2,1-3H3. The third-order valence-corrected chi connectivity index (χ3v) is 6.18. The van der Waals surface area contributed by atoms with Crippen LogP contribution in [0.4, 0.5) is 0 Å². The number of ether oxygens (including phenoxy) is 1. The second kappa shape index (κ2) is 4.96. The molecule has 4 bridgehead atoms. The van der Waals surface area contributed by atoms with Crippen LogP contribution in [0.3, 0.4) is 0 Å². The first-order chi connectivity index (χ1) is 9.40. The number of hydrogen-bond donors (Lipinski definition) is 2. The minimum atomic E-state index is 0.318. The van der Waals surface area contributed by atoms with Crippen molar-refractivity contribution in [1.29, 1.82) is 0 Å². The fraction of sp³-hybridized carbons (Fsp3) is 1.00. The van der Waals surface area contributed by atoms with Crippen molar-refractivity contribution in [3.63, 3.8) is 0 Å². The van der Waals surface area contributed by atoms with Gasteiger partial charge in [-0.1, -0.05) is 13.8 Å². The summed E-state index contributed by atoms with van der Waals surface area (Å²) in [5.74, 6) is 6.74. The largest absolute Gasteiger partial charge is 0.380 e. The Bertz CT molecular complexity index is 352. The van der Waals surface area contributed by atoms with Crippen molar-refractivity contribution in [2.24, 2.45) is 28.0 Å². The Morgan fingerprint density at radius 2 is 1.80 bits per heavy atom. The third-order valence-electron chi connectivity index (χ3n) is 6.18. The number of hydrogen-bond acceptors (Lipinski definition) is 3. The highest BCUT2D eigenvalue weighted by molar-refractivity contribution is 5.10. The van der Waals surface area contributed by atoms with E-state index in [4.69, 9.17) is 10.6 Å². The molecule has 4 rings (SSSR count). The molecule has 3 N–H and O–H groups in total. The van der Waals surface area contributed by atoms with Gasteiger partial charge in [-0.15, -0.1) is 0 Å². The van der Waals surface area contributed by atoms with Crippen LogP contribution in [-0.4, -0.2) is 19.3 Å². The Hall–Kier alpha value is -0.120. The molecule has 0 spiro atoms. The average molecular weight is 280 g/mol. The Kier molecular flexibility index (Phi) is 3.67. The van der Waals surface area contributed by atoms with Gasteiger partial charge in [-0.2, -0.15) is 0 Å². The minimum Gasteiger partial charge on any atom is -0.380 e. The average Bonchev–Trinajstić information content (AvgIpc) is 2.29. The van der Waals surface area contributed by atoms with E-state index in [1.54, 1.807) is 0 Å². The first-order valence-corrected chi connectivity index (χ1v) is 8.44. The van der Waals surface area contributed by atoms with Gasteiger partial charge in [0.2, 0.25) is 0 Å². The molecule has 0 amide bonds. The van der Waals surface area contributed by atoms with Gasteiger partial charge >= 0.3 is 0 Å². The second-order valence-electron chi connectivity index (χ2n) is 8.86.